The number of hydrogen-bond donors (Lipinski definition) is 1. The highest BCUT2D eigenvalue weighted by Crippen LogP contribution is 2.23. The molecular formula is C13H17BrN2. The van der Waals surface area contributed by atoms with Crippen LogP contribution in [-0.4, -0.2) is 6.54 Å². The first-order valence-corrected chi connectivity index (χ1v) is 6.19. The second-order valence-electron chi connectivity index (χ2n) is 4.69. The van der Waals surface area contributed by atoms with Gasteiger partial charge in [-0.25, -0.2) is 0 Å². The van der Waals surface area contributed by atoms with Gasteiger partial charge in [-0.1, -0.05) is 35.8 Å². The molecule has 1 aromatic carbocycles. The number of rotatable bonds is 5. The summed E-state index contributed by atoms with van der Waals surface area (Å²) in [5, 5.41) is 12.0. The lowest BCUT2D eigenvalue weighted by Gasteiger charge is -2.24. The van der Waals surface area contributed by atoms with Gasteiger partial charge in [0.1, 0.15) is 0 Å². The summed E-state index contributed by atoms with van der Waals surface area (Å²) in [6, 6.07) is 10.3. The molecule has 3 heteroatoms. The molecule has 0 atom stereocenters. The van der Waals surface area contributed by atoms with Crippen LogP contribution in [0.1, 0.15) is 26.7 Å². The van der Waals surface area contributed by atoms with Crippen LogP contribution in [-0.2, 0) is 0 Å². The Hall–Kier alpha value is -1.01. The Morgan fingerprint density at radius 2 is 2.19 bits per heavy atom. The van der Waals surface area contributed by atoms with E-state index in [1.807, 2.05) is 18.2 Å². The van der Waals surface area contributed by atoms with Crippen molar-refractivity contribution in [2.45, 2.75) is 26.7 Å². The van der Waals surface area contributed by atoms with Gasteiger partial charge >= 0.3 is 0 Å². The number of nitrogens with one attached hydrogen (secondary N) is 1. The fraction of sp³-hybridized carbons (Fsp3) is 0.462. The zero-order valence-electron chi connectivity index (χ0n) is 9.76. The van der Waals surface area contributed by atoms with Crippen LogP contribution in [0, 0.1) is 16.7 Å². The molecule has 0 bridgehead atoms. The Bertz CT molecular complexity index is 380. The summed E-state index contributed by atoms with van der Waals surface area (Å²) in [5.74, 6) is 0. The van der Waals surface area contributed by atoms with Crippen LogP contribution in [0.3, 0.4) is 0 Å². The minimum Gasteiger partial charge on any atom is -0.384 e. The van der Waals surface area contributed by atoms with Crippen molar-refractivity contribution in [3.05, 3.63) is 28.7 Å². The number of halogens is 1. The van der Waals surface area contributed by atoms with Crippen molar-refractivity contribution >= 4 is 21.6 Å². The van der Waals surface area contributed by atoms with Crippen molar-refractivity contribution in [1.29, 1.82) is 5.26 Å². The van der Waals surface area contributed by atoms with E-state index >= 15 is 0 Å². The van der Waals surface area contributed by atoms with Crippen LogP contribution in [0.15, 0.2) is 28.7 Å². The molecule has 0 saturated heterocycles. The van der Waals surface area contributed by atoms with E-state index in [2.05, 4.69) is 47.2 Å². The van der Waals surface area contributed by atoms with E-state index in [-0.39, 0.29) is 5.41 Å². The van der Waals surface area contributed by atoms with E-state index in [0.717, 1.165) is 23.1 Å². The van der Waals surface area contributed by atoms with Gasteiger partial charge in [-0.05, 0) is 30.0 Å². The number of benzene rings is 1. The van der Waals surface area contributed by atoms with Gasteiger partial charge in [-0.2, -0.15) is 5.26 Å². The average Bonchev–Trinajstić information content (AvgIpc) is 2.24. The SMILES string of the molecule is CC(C)(CCC#N)CNc1cccc(Br)c1. The molecule has 1 aromatic rings. The van der Waals surface area contributed by atoms with E-state index in [1.54, 1.807) is 0 Å². The molecule has 0 radical (unpaired) electrons. The second-order valence-corrected chi connectivity index (χ2v) is 5.60. The van der Waals surface area contributed by atoms with Gasteiger partial charge in [0.15, 0.2) is 0 Å². The van der Waals surface area contributed by atoms with Crippen molar-refractivity contribution in [3.63, 3.8) is 0 Å². The van der Waals surface area contributed by atoms with Crippen LogP contribution in [0.4, 0.5) is 5.69 Å². The Kier molecular flexibility index (Phi) is 4.82. The normalized spacial score (nSPS) is 10.9. The summed E-state index contributed by atoms with van der Waals surface area (Å²) in [7, 11) is 0. The van der Waals surface area contributed by atoms with Gasteiger partial charge in [-0.3, -0.25) is 0 Å². The average molecular weight is 281 g/mol. The van der Waals surface area contributed by atoms with Crippen LogP contribution >= 0.6 is 15.9 Å². The highest BCUT2D eigenvalue weighted by atomic mass is 79.9. The van der Waals surface area contributed by atoms with Crippen molar-refractivity contribution < 1.29 is 0 Å². The molecule has 0 aromatic heterocycles. The maximum atomic E-state index is 8.57. The van der Waals surface area contributed by atoms with Crippen LogP contribution in [0.25, 0.3) is 0 Å². The lowest BCUT2D eigenvalue weighted by Crippen LogP contribution is -2.22. The van der Waals surface area contributed by atoms with Crippen LogP contribution in [0.5, 0.6) is 0 Å². The number of hydrogen-bond acceptors (Lipinski definition) is 2. The van der Waals surface area contributed by atoms with E-state index in [1.165, 1.54) is 0 Å². The van der Waals surface area contributed by atoms with E-state index in [9.17, 15) is 0 Å². The standard InChI is InChI=1S/C13H17BrN2/c1-13(2,7-4-8-15)10-16-12-6-3-5-11(14)9-12/h3,5-6,9,16H,4,7,10H2,1-2H3. The molecule has 0 amide bonds. The first-order valence-electron chi connectivity index (χ1n) is 5.40. The Morgan fingerprint density at radius 1 is 1.44 bits per heavy atom. The lowest BCUT2D eigenvalue weighted by molar-refractivity contribution is 0.364. The third-order valence-corrected chi connectivity index (χ3v) is 3.00. The summed E-state index contributed by atoms with van der Waals surface area (Å²) >= 11 is 3.44. The summed E-state index contributed by atoms with van der Waals surface area (Å²) < 4.78 is 1.08. The van der Waals surface area contributed by atoms with E-state index in [4.69, 9.17) is 5.26 Å². The minimum atomic E-state index is 0.151. The maximum absolute atomic E-state index is 8.57. The van der Waals surface area contributed by atoms with Gasteiger partial charge in [0, 0.05) is 23.1 Å². The Morgan fingerprint density at radius 3 is 2.81 bits per heavy atom. The molecule has 0 aliphatic heterocycles. The molecule has 0 unspecified atom stereocenters. The molecule has 86 valence electrons. The van der Waals surface area contributed by atoms with Gasteiger partial charge in [-0.15, -0.1) is 0 Å². The molecular weight excluding hydrogens is 264 g/mol. The first kappa shape index (κ1) is 13.1. The zero-order valence-corrected chi connectivity index (χ0v) is 11.3. The van der Waals surface area contributed by atoms with Crippen molar-refractivity contribution in [3.8, 4) is 6.07 Å². The smallest absolute Gasteiger partial charge is 0.0621 e. The molecule has 1 rings (SSSR count). The molecule has 0 saturated carbocycles. The van der Waals surface area contributed by atoms with E-state index < -0.39 is 0 Å². The quantitative estimate of drug-likeness (QED) is 0.878. The summed E-state index contributed by atoms with van der Waals surface area (Å²) in [6.45, 7) is 5.23. The third-order valence-electron chi connectivity index (χ3n) is 2.51. The Labute approximate surface area is 106 Å². The fourth-order valence-corrected chi connectivity index (χ4v) is 1.82. The van der Waals surface area contributed by atoms with Crippen LogP contribution in [0.2, 0.25) is 0 Å². The van der Waals surface area contributed by atoms with Gasteiger partial charge in [0.05, 0.1) is 6.07 Å². The molecule has 1 N–H and O–H groups in total. The summed E-state index contributed by atoms with van der Waals surface area (Å²) in [5.41, 5.74) is 1.26. The van der Waals surface area contributed by atoms with Gasteiger partial charge in [0.2, 0.25) is 0 Å². The Balaban J connectivity index is 2.48. The number of nitriles is 1. The maximum Gasteiger partial charge on any atom is 0.0621 e. The van der Waals surface area contributed by atoms with Crippen molar-refractivity contribution in [1.82, 2.24) is 0 Å². The lowest BCUT2D eigenvalue weighted by atomic mass is 9.88. The van der Waals surface area contributed by atoms with Crippen molar-refractivity contribution in [2.24, 2.45) is 5.41 Å². The van der Waals surface area contributed by atoms with Crippen molar-refractivity contribution in [2.75, 3.05) is 11.9 Å². The van der Waals surface area contributed by atoms with Gasteiger partial charge in [0.25, 0.3) is 0 Å². The zero-order chi connectivity index (χ0) is 12.0. The minimum absolute atomic E-state index is 0.151. The molecule has 0 spiro atoms. The molecule has 0 heterocycles. The monoisotopic (exact) mass is 280 g/mol. The third kappa shape index (κ3) is 4.67. The van der Waals surface area contributed by atoms with Gasteiger partial charge < -0.3 is 5.32 Å². The number of anilines is 1. The molecule has 0 fully saturated rings. The highest BCUT2D eigenvalue weighted by Gasteiger charge is 2.16. The number of nitrogens with zero attached hydrogens (tertiary/aromatic N) is 1. The fourth-order valence-electron chi connectivity index (χ4n) is 1.42. The van der Waals surface area contributed by atoms with E-state index in [0.29, 0.717) is 6.42 Å². The largest absolute Gasteiger partial charge is 0.384 e. The highest BCUT2D eigenvalue weighted by molar-refractivity contribution is 9.10. The molecule has 0 aliphatic rings. The molecule has 16 heavy (non-hydrogen) atoms. The van der Waals surface area contributed by atoms with Crippen LogP contribution < -0.4 is 5.32 Å². The predicted octanol–water partition coefficient (Wildman–Crippen LogP) is 4.19. The summed E-state index contributed by atoms with van der Waals surface area (Å²) in [6.07, 6.45) is 1.54. The molecule has 0 aliphatic carbocycles. The topological polar surface area (TPSA) is 35.8 Å². The summed E-state index contributed by atoms with van der Waals surface area (Å²) in [4.78, 5) is 0. The molecule has 2 nitrogen and oxygen atoms in total. The first-order chi connectivity index (χ1) is 7.53. The second kappa shape index (κ2) is 5.91. The predicted molar refractivity (Wildman–Crippen MR) is 71.3 cm³/mol.